The number of halogens is 1. The zero-order valence-corrected chi connectivity index (χ0v) is 10.6. The van der Waals surface area contributed by atoms with Crippen molar-refractivity contribution in [3.05, 3.63) is 41.2 Å². The summed E-state index contributed by atoms with van der Waals surface area (Å²) in [4.78, 5) is 26.3. The zero-order valence-electron chi connectivity index (χ0n) is 9.87. The van der Waals surface area contributed by atoms with Crippen molar-refractivity contribution >= 4 is 35.2 Å². The van der Waals surface area contributed by atoms with Crippen molar-refractivity contribution in [1.82, 2.24) is 15.2 Å². The van der Waals surface area contributed by atoms with Gasteiger partial charge in [0.05, 0.1) is 28.7 Å². The van der Waals surface area contributed by atoms with E-state index in [1.807, 2.05) is 0 Å². The van der Waals surface area contributed by atoms with Crippen LogP contribution < -0.4 is 10.6 Å². The fraction of sp³-hybridized carbons (Fsp3) is 0. The molecule has 2 rings (SSSR count). The molecule has 20 heavy (non-hydrogen) atoms. The average molecular weight is 294 g/mol. The molecule has 0 unspecified atom stereocenters. The minimum Gasteiger partial charge on any atom is -0.478 e. The van der Waals surface area contributed by atoms with Crippen LogP contribution in [0, 0.1) is 0 Å². The summed E-state index contributed by atoms with van der Waals surface area (Å²) in [5.41, 5.74) is 0.162. The molecule has 0 fully saturated rings. The van der Waals surface area contributed by atoms with Gasteiger partial charge in [0.1, 0.15) is 0 Å². The molecule has 1 heterocycles. The van der Waals surface area contributed by atoms with Crippen molar-refractivity contribution in [3.63, 3.8) is 0 Å². The van der Waals surface area contributed by atoms with Gasteiger partial charge in [0.15, 0.2) is 0 Å². The van der Waals surface area contributed by atoms with Gasteiger partial charge in [-0.1, -0.05) is 11.6 Å². The lowest BCUT2D eigenvalue weighted by molar-refractivity contribution is 0.0697. The van der Waals surface area contributed by atoms with Crippen LogP contribution in [0.3, 0.4) is 0 Å². The number of rotatable bonds is 3. The van der Waals surface area contributed by atoms with Crippen LogP contribution in [0.25, 0.3) is 0 Å². The molecule has 102 valence electrons. The van der Waals surface area contributed by atoms with Crippen molar-refractivity contribution in [1.29, 1.82) is 0 Å². The number of carbonyl (C=O) groups is 2. The van der Waals surface area contributed by atoms with Gasteiger partial charge in [-0.25, -0.2) is 14.6 Å². The Hall–Kier alpha value is -2.74. The normalized spacial score (nSPS) is 9.85. The highest BCUT2D eigenvalue weighted by atomic mass is 35.5. The van der Waals surface area contributed by atoms with Gasteiger partial charge in [-0.3, -0.25) is 5.32 Å². The highest BCUT2D eigenvalue weighted by Crippen LogP contribution is 2.23. The van der Waals surface area contributed by atoms with Gasteiger partial charge in [0, 0.05) is 0 Å². The second-order valence-electron chi connectivity index (χ2n) is 3.55. The molecule has 9 heteroatoms. The smallest absolute Gasteiger partial charge is 0.335 e. The van der Waals surface area contributed by atoms with Gasteiger partial charge < -0.3 is 10.4 Å². The van der Waals surface area contributed by atoms with Crippen LogP contribution >= 0.6 is 11.6 Å². The van der Waals surface area contributed by atoms with E-state index < -0.39 is 12.0 Å². The second-order valence-corrected chi connectivity index (χ2v) is 3.95. The van der Waals surface area contributed by atoms with E-state index in [4.69, 9.17) is 16.7 Å². The van der Waals surface area contributed by atoms with Crippen molar-refractivity contribution in [2.75, 3.05) is 10.6 Å². The Bertz CT molecular complexity index is 650. The van der Waals surface area contributed by atoms with E-state index in [0.717, 1.165) is 0 Å². The zero-order chi connectivity index (χ0) is 14.5. The number of carboxylic acid groups (broad SMARTS) is 1. The maximum Gasteiger partial charge on any atom is 0.335 e. The third-order valence-electron chi connectivity index (χ3n) is 2.17. The predicted molar refractivity (Wildman–Crippen MR) is 70.9 cm³/mol. The van der Waals surface area contributed by atoms with Gasteiger partial charge >= 0.3 is 12.0 Å². The fourth-order valence-electron chi connectivity index (χ4n) is 1.31. The summed E-state index contributed by atoms with van der Waals surface area (Å²) >= 11 is 5.87. The quantitative estimate of drug-likeness (QED) is 0.795. The molecule has 0 aliphatic rings. The molecular weight excluding hydrogens is 286 g/mol. The van der Waals surface area contributed by atoms with Crippen LogP contribution in [0.4, 0.5) is 16.4 Å². The van der Waals surface area contributed by atoms with E-state index in [1.54, 1.807) is 0 Å². The average Bonchev–Trinajstić information content (AvgIpc) is 2.42. The third-order valence-corrected chi connectivity index (χ3v) is 2.50. The fourth-order valence-corrected chi connectivity index (χ4v) is 1.48. The Kier molecular flexibility index (Phi) is 4.06. The van der Waals surface area contributed by atoms with Crippen LogP contribution in [0.15, 0.2) is 30.6 Å². The van der Waals surface area contributed by atoms with Crippen LogP contribution in [0.1, 0.15) is 10.4 Å². The lowest BCUT2D eigenvalue weighted by atomic mass is 10.2. The first kappa shape index (κ1) is 13.7. The van der Waals surface area contributed by atoms with E-state index in [1.165, 1.54) is 30.6 Å². The summed E-state index contributed by atoms with van der Waals surface area (Å²) in [6, 6.07) is 3.29. The van der Waals surface area contributed by atoms with Crippen molar-refractivity contribution in [2.24, 2.45) is 0 Å². The first-order valence-electron chi connectivity index (χ1n) is 5.31. The van der Waals surface area contributed by atoms with Gasteiger partial charge in [0.2, 0.25) is 0 Å². The number of carbonyl (C=O) groups excluding carboxylic acids is 1. The SMILES string of the molecule is O=C(Nc1nccnn1)Nc1cc(C(=O)O)ccc1Cl. The minimum atomic E-state index is -1.12. The molecule has 2 amide bonds. The van der Waals surface area contributed by atoms with Crippen molar-refractivity contribution in [3.8, 4) is 0 Å². The molecular formula is C11H8ClN5O3. The second kappa shape index (κ2) is 5.93. The molecule has 0 spiro atoms. The Morgan fingerprint density at radius 2 is 2.00 bits per heavy atom. The lowest BCUT2D eigenvalue weighted by Gasteiger charge is -2.08. The van der Waals surface area contributed by atoms with E-state index >= 15 is 0 Å². The molecule has 3 N–H and O–H groups in total. The Morgan fingerprint density at radius 3 is 2.65 bits per heavy atom. The van der Waals surface area contributed by atoms with Crippen LogP contribution in [-0.4, -0.2) is 32.3 Å². The number of hydrogen-bond acceptors (Lipinski definition) is 5. The molecule has 0 atom stereocenters. The van der Waals surface area contributed by atoms with Crippen LogP contribution in [0.5, 0.6) is 0 Å². The Balaban J connectivity index is 2.11. The number of aromatic carboxylic acids is 1. The summed E-state index contributed by atoms with van der Waals surface area (Å²) in [7, 11) is 0. The number of amides is 2. The van der Waals surface area contributed by atoms with E-state index in [9.17, 15) is 9.59 Å². The number of nitrogens with zero attached hydrogens (tertiary/aromatic N) is 3. The van der Waals surface area contributed by atoms with Crippen molar-refractivity contribution in [2.45, 2.75) is 0 Å². The standard InChI is InChI=1S/C11H8ClN5O3/c12-7-2-1-6(9(18)19)5-8(7)15-11(20)16-10-13-3-4-14-17-10/h1-5H,(H,18,19)(H2,13,15,16,17,20). The largest absolute Gasteiger partial charge is 0.478 e. The summed E-state index contributed by atoms with van der Waals surface area (Å²) in [5.74, 6) is -1.11. The molecule has 0 saturated heterocycles. The van der Waals surface area contributed by atoms with Gasteiger partial charge in [-0.15, -0.1) is 5.10 Å². The number of anilines is 2. The number of nitrogens with one attached hydrogen (secondary N) is 2. The number of aromatic nitrogens is 3. The topological polar surface area (TPSA) is 117 Å². The summed E-state index contributed by atoms with van der Waals surface area (Å²) in [5, 5.41) is 20.9. The summed E-state index contributed by atoms with van der Waals surface area (Å²) in [6.45, 7) is 0. The van der Waals surface area contributed by atoms with Gasteiger partial charge in [-0.2, -0.15) is 5.10 Å². The summed E-state index contributed by atoms with van der Waals surface area (Å²) in [6.07, 6.45) is 2.72. The number of benzene rings is 1. The maximum absolute atomic E-state index is 11.7. The van der Waals surface area contributed by atoms with Gasteiger partial charge in [0.25, 0.3) is 5.95 Å². The molecule has 0 saturated carbocycles. The van der Waals surface area contributed by atoms with Crippen LogP contribution in [-0.2, 0) is 0 Å². The highest BCUT2D eigenvalue weighted by molar-refractivity contribution is 6.34. The first-order valence-corrected chi connectivity index (χ1v) is 5.68. The molecule has 0 aliphatic heterocycles. The molecule has 0 aliphatic carbocycles. The van der Waals surface area contributed by atoms with E-state index in [-0.39, 0.29) is 22.2 Å². The molecule has 8 nitrogen and oxygen atoms in total. The molecule has 0 radical (unpaired) electrons. The number of urea groups is 1. The van der Waals surface area contributed by atoms with Gasteiger partial charge in [-0.05, 0) is 18.2 Å². The minimum absolute atomic E-state index is 0.00216. The third kappa shape index (κ3) is 3.39. The lowest BCUT2D eigenvalue weighted by Crippen LogP contribution is -2.21. The highest BCUT2D eigenvalue weighted by Gasteiger charge is 2.10. The van der Waals surface area contributed by atoms with Crippen LogP contribution in [0.2, 0.25) is 5.02 Å². The predicted octanol–water partition coefficient (Wildman–Crippen LogP) is 1.87. The molecule has 2 aromatic rings. The number of carboxylic acids is 1. The van der Waals surface area contributed by atoms with E-state index in [2.05, 4.69) is 25.8 Å². The maximum atomic E-state index is 11.7. The van der Waals surface area contributed by atoms with E-state index in [0.29, 0.717) is 0 Å². The van der Waals surface area contributed by atoms with Crippen molar-refractivity contribution < 1.29 is 14.7 Å². The Morgan fingerprint density at radius 1 is 1.20 bits per heavy atom. The summed E-state index contributed by atoms with van der Waals surface area (Å²) < 4.78 is 0. The molecule has 1 aromatic carbocycles. The molecule has 1 aromatic heterocycles. The Labute approximate surface area is 117 Å². The monoisotopic (exact) mass is 293 g/mol. The number of hydrogen-bond donors (Lipinski definition) is 3. The first-order chi connectivity index (χ1) is 9.56. The molecule has 0 bridgehead atoms.